The van der Waals surface area contributed by atoms with E-state index in [2.05, 4.69) is 78.9 Å². The summed E-state index contributed by atoms with van der Waals surface area (Å²) in [6.45, 7) is 0. The lowest BCUT2D eigenvalue weighted by atomic mass is 10.2. The van der Waals surface area contributed by atoms with E-state index in [9.17, 15) is 0 Å². The highest BCUT2D eigenvalue weighted by atomic mass is 31.2. The van der Waals surface area contributed by atoms with Crippen LogP contribution in [0, 0.1) is 11.8 Å². The summed E-state index contributed by atoms with van der Waals surface area (Å²) in [5.41, 5.74) is 0. The van der Waals surface area contributed by atoms with Crippen LogP contribution in [-0.4, -0.2) is 7.57 Å². The number of allylic oxidation sites excluding steroid dienone is 4. The van der Waals surface area contributed by atoms with Gasteiger partial charge >= 0.3 is 7.57 Å². The van der Waals surface area contributed by atoms with Crippen molar-refractivity contribution in [3.63, 3.8) is 0 Å². The van der Waals surface area contributed by atoms with Gasteiger partial charge in [0.05, 0.1) is 23.1 Å². The van der Waals surface area contributed by atoms with Gasteiger partial charge in [0, 0.05) is 5.92 Å². The van der Waals surface area contributed by atoms with Crippen molar-refractivity contribution in [1.29, 1.82) is 0 Å². The van der Waals surface area contributed by atoms with E-state index in [4.69, 9.17) is 7.57 Å². The predicted molar refractivity (Wildman–Crippen MR) is 93.6 cm³/mol. The molecular formula is C19H17BP+. The summed E-state index contributed by atoms with van der Waals surface area (Å²) in [6.07, 6.45) is 8.33. The minimum atomic E-state index is -1.95. The third kappa shape index (κ3) is 2.03. The second-order valence-electron chi connectivity index (χ2n) is 5.88. The summed E-state index contributed by atoms with van der Waals surface area (Å²) in [4.78, 5) is 0. The molecule has 2 aliphatic carbocycles. The van der Waals surface area contributed by atoms with Gasteiger partial charge in [0.2, 0.25) is 0 Å². The molecule has 2 heteroatoms. The number of hydrogen-bond acceptors (Lipinski definition) is 0. The van der Waals surface area contributed by atoms with Crippen LogP contribution < -0.4 is 10.6 Å². The minimum Gasteiger partial charge on any atom is -0.0807 e. The fraction of sp³-hybridized carbons (Fsp3) is 0.158. The molecule has 0 nitrogen and oxygen atoms in total. The molecule has 21 heavy (non-hydrogen) atoms. The van der Waals surface area contributed by atoms with Gasteiger partial charge in [-0.15, -0.1) is 0 Å². The molecule has 0 N–H and O–H groups in total. The normalized spacial score (nSPS) is 23.3. The van der Waals surface area contributed by atoms with E-state index in [0.29, 0.717) is 11.8 Å². The Balaban J connectivity index is 1.90. The Hall–Kier alpha value is -1.59. The van der Waals surface area contributed by atoms with Crippen LogP contribution in [0.15, 0.2) is 84.2 Å². The topological polar surface area (TPSA) is 0 Å². The van der Waals surface area contributed by atoms with Gasteiger partial charge < -0.3 is 0 Å². The number of hydrogen-bond donors (Lipinski definition) is 0. The summed E-state index contributed by atoms with van der Waals surface area (Å²) < 4.78 is 0. The quantitative estimate of drug-likeness (QED) is 0.457. The Bertz CT molecular complexity index is 663. The van der Waals surface area contributed by atoms with Gasteiger partial charge in [0.1, 0.15) is 0 Å². The van der Waals surface area contributed by atoms with Gasteiger partial charge in [-0.05, 0) is 42.7 Å². The lowest BCUT2D eigenvalue weighted by molar-refractivity contribution is 0.727. The first kappa shape index (κ1) is 13.1. The predicted octanol–water partition coefficient (Wildman–Crippen LogP) is 3.83. The van der Waals surface area contributed by atoms with Crippen molar-refractivity contribution in [2.24, 2.45) is 11.8 Å². The zero-order valence-corrected chi connectivity index (χ0v) is 12.8. The van der Waals surface area contributed by atoms with Crippen molar-refractivity contribution < 1.29 is 0 Å². The van der Waals surface area contributed by atoms with Gasteiger partial charge in [-0.25, -0.2) is 0 Å². The maximum Gasteiger partial charge on any atom is 0.383 e. The van der Waals surface area contributed by atoms with Crippen molar-refractivity contribution in [3.8, 4) is 0 Å². The first-order chi connectivity index (χ1) is 10.3. The lowest BCUT2D eigenvalue weighted by Gasteiger charge is -2.27. The number of benzene rings is 2. The molecule has 1 unspecified atom stereocenters. The zero-order chi connectivity index (χ0) is 14.3. The number of rotatable bonds is 3. The molecule has 0 amide bonds. The largest absolute Gasteiger partial charge is 0.383 e. The van der Waals surface area contributed by atoms with Crippen LogP contribution in [-0.2, 0) is 0 Å². The molecule has 0 saturated carbocycles. The fourth-order valence-corrected chi connectivity index (χ4v) is 6.89. The van der Waals surface area contributed by atoms with Gasteiger partial charge in [-0.3, -0.25) is 0 Å². The van der Waals surface area contributed by atoms with E-state index >= 15 is 0 Å². The summed E-state index contributed by atoms with van der Waals surface area (Å²) >= 11 is 0. The first-order valence-corrected chi connectivity index (χ1v) is 9.34. The summed E-state index contributed by atoms with van der Waals surface area (Å²) in [7, 11) is 5.19. The minimum absolute atomic E-state index is 0.536. The Morgan fingerprint density at radius 1 is 0.810 bits per heavy atom. The molecule has 0 aromatic heterocycles. The third-order valence-electron chi connectivity index (χ3n) is 4.62. The van der Waals surface area contributed by atoms with E-state index < -0.39 is 7.14 Å². The average molecular weight is 287 g/mol. The van der Waals surface area contributed by atoms with E-state index in [-0.39, 0.29) is 0 Å². The summed E-state index contributed by atoms with van der Waals surface area (Å²) in [6, 6.07) is 21.3. The molecule has 2 aliphatic rings. The van der Waals surface area contributed by atoms with E-state index in [1.54, 1.807) is 0 Å². The molecule has 0 heterocycles. The van der Waals surface area contributed by atoms with Crippen molar-refractivity contribution in [3.05, 3.63) is 84.2 Å². The second-order valence-corrected chi connectivity index (χ2v) is 8.87. The highest BCUT2D eigenvalue weighted by Crippen LogP contribution is 2.66. The molecule has 2 aromatic rings. The Morgan fingerprint density at radius 3 is 1.81 bits per heavy atom. The summed E-state index contributed by atoms with van der Waals surface area (Å²) in [5.74, 6) is 1.13. The fourth-order valence-electron chi connectivity index (χ4n) is 3.57. The Labute approximate surface area is 128 Å². The van der Waals surface area contributed by atoms with E-state index in [1.807, 2.05) is 0 Å². The zero-order valence-electron chi connectivity index (χ0n) is 11.9. The molecular weight excluding hydrogens is 270 g/mol. The van der Waals surface area contributed by atoms with Crippen LogP contribution in [0.2, 0.25) is 0 Å². The number of fused-ring (bicyclic) bond motifs is 2. The van der Waals surface area contributed by atoms with Gasteiger partial charge in [-0.1, -0.05) is 48.6 Å². The highest BCUT2D eigenvalue weighted by molar-refractivity contribution is 8.11. The van der Waals surface area contributed by atoms with Gasteiger partial charge in [0.15, 0.2) is 0 Å². The molecule has 4 rings (SSSR count). The van der Waals surface area contributed by atoms with Crippen LogP contribution in [0.25, 0.3) is 0 Å². The maximum atomic E-state index is 7.14. The highest BCUT2D eigenvalue weighted by Gasteiger charge is 2.48. The van der Waals surface area contributed by atoms with Crippen molar-refractivity contribution >= 4 is 25.3 Å². The van der Waals surface area contributed by atoms with Crippen LogP contribution in [0.5, 0.6) is 0 Å². The maximum absolute atomic E-state index is 7.14. The molecule has 2 radical (unpaired) electrons. The average Bonchev–Trinajstić information content (AvgIpc) is 3.19. The third-order valence-corrected chi connectivity index (χ3v) is 8.14. The smallest absolute Gasteiger partial charge is 0.0807 e. The molecule has 2 bridgehead atoms. The lowest BCUT2D eigenvalue weighted by Crippen LogP contribution is -2.25. The Kier molecular flexibility index (Phi) is 3.12. The SMILES string of the molecule is [B][P+](C1=CC2C=C[C@H]1C2)(c1ccccc1)c1ccccc1. The van der Waals surface area contributed by atoms with Gasteiger partial charge in [0.25, 0.3) is 0 Å². The van der Waals surface area contributed by atoms with Crippen LogP contribution in [0.4, 0.5) is 0 Å². The van der Waals surface area contributed by atoms with Crippen molar-refractivity contribution in [2.75, 3.05) is 0 Å². The molecule has 100 valence electrons. The summed E-state index contributed by atoms with van der Waals surface area (Å²) in [5, 5.41) is 4.03. The molecule has 0 spiro atoms. The van der Waals surface area contributed by atoms with E-state index in [1.165, 1.54) is 22.3 Å². The second kappa shape index (κ2) is 5.00. The standard InChI is InChI=1S/C19H17BP/c20-21(17-7-3-1-4-8-17,18-9-5-2-6-10-18)19-14-15-11-12-16(19)13-15/h1-12,14-16H,13H2/q+1/t15?,16-/m0/s1. The molecule has 0 fully saturated rings. The molecule has 0 aliphatic heterocycles. The van der Waals surface area contributed by atoms with Crippen molar-refractivity contribution in [2.45, 2.75) is 6.42 Å². The molecule has 0 saturated heterocycles. The first-order valence-electron chi connectivity index (χ1n) is 7.48. The van der Waals surface area contributed by atoms with E-state index in [0.717, 1.165) is 0 Å². The molecule has 2 atom stereocenters. The molecule has 2 aromatic carbocycles. The van der Waals surface area contributed by atoms with Crippen LogP contribution in [0.3, 0.4) is 0 Å². The van der Waals surface area contributed by atoms with Gasteiger partial charge in [-0.2, -0.15) is 0 Å². The van der Waals surface area contributed by atoms with Crippen LogP contribution >= 0.6 is 7.14 Å². The van der Waals surface area contributed by atoms with Crippen LogP contribution in [0.1, 0.15) is 6.42 Å². The van der Waals surface area contributed by atoms with Crippen molar-refractivity contribution in [1.82, 2.24) is 0 Å². The Morgan fingerprint density at radius 2 is 1.38 bits per heavy atom. The monoisotopic (exact) mass is 287 g/mol.